The van der Waals surface area contributed by atoms with Crippen LogP contribution in [0.3, 0.4) is 0 Å². The van der Waals surface area contributed by atoms with Gasteiger partial charge in [0, 0.05) is 13.1 Å². The summed E-state index contributed by atoms with van der Waals surface area (Å²) < 4.78 is 4.98. The first-order chi connectivity index (χ1) is 8.72. The third kappa shape index (κ3) is 2.75. The minimum atomic E-state index is -0.228. The molecule has 4 heteroatoms. The number of ether oxygens (including phenoxy) is 1. The van der Waals surface area contributed by atoms with Gasteiger partial charge < -0.3 is 14.7 Å². The summed E-state index contributed by atoms with van der Waals surface area (Å²) >= 11 is 0. The van der Waals surface area contributed by atoms with E-state index in [2.05, 4.69) is 0 Å². The van der Waals surface area contributed by atoms with E-state index in [4.69, 9.17) is 4.74 Å². The van der Waals surface area contributed by atoms with Gasteiger partial charge in [-0.1, -0.05) is 18.2 Å². The zero-order chi connectivity index (χ0) is 13.0. The number of piperidine rings is 1. The maximum absolute atomic E-state index is 11.6. The summed E-state index contributed by atoms with van der Waals surface area (Å²) in [7, 11) is 0. The smallest absolute Gasteiger partial charge is 0.409 e. The molecule has 0 aromatic heterocycles. The van der Waals surface area contributed by atoms with Gasteiger partial charge in [-0.25, -0.2) is 4.79 Å². The molecule has 98 valence electrons. The third-order valence-corrected chi connectivity index (χ3v) is 3.40. The predicted octanol–water partition coefficient (Wildman–Crippen LogP) is 2.73. The monoisotopic (exact) mass is 249 g/mol. The Hall–Kier alpha value is -1.71. The topological polar surface area (TPSA) is 49.8 Å². The molecule has 0 saturated carbocycles. The van der Waals surface area contributed by atoms with Crippen LogP contribution in [-0.2, 0) is 4.74 Å². The highest BCUT2D eigenvalue weighted by atomic mass is 16.6. The molecule has 0 bridgehead atoms. The largest absolute Gasteiger partial charge is 0.508 e. The van der Waals surface area contributed by atoms with Crippen molar-refractivity contribution in [3.05, 3.63) is 29.8 Å². The van der Waals surface area contributed by atoms with Crippen LogP contribution in [-0.4, -0.2) is 35.8 Å². The van der Waals surface area contributed by atoms with Crippen LogP contribution in [0.4, 0.5) is 4.79 Å². The fourth-order valence-corrected chi connectivity index (χ4v) is 2.42. The molecule has 0 spiro atoms. The minimum absolute atomic E-state index is 0.228. The van der Waals surface area contributed by atoms with Crippen molar-refractivity contribution in [2.75, 3.05) is 19.7 Å². The number of nitrogens with zero attached hydrogens (tertiary/aromatic N) is 1. The summed E-state index contributed by atoms with van der Waals surface area (Å²) in [6.07, 6.45) is 1.51. The first-order valence-electron chi connectivity index (χ1n) is 6.42. The van der Waals surface area contributed by atoms with Gasteiger partial charge in [-0.15, -0.1) is 0 Å². The number of aromatic hydroxyl groups is 1. The average Bonchev–Trinajstić information content (AvgIpc) is 2.40. The molecular weight excluding hydrogens is 230 g/mol. The molecular formula is C14H19NO3. The highest BCUT2D eigenvalue weighted by molar-refractivity contribution is 5.67. The third-order valence-electron chi connectivity index (χ3n) is 3.40. The molecule has 1 aliphatic rings. The van der Waals surface area contributed by atoms with Crippen molar-refractivity contribution >= 4 is 6.09 Å². The Morgan fingerprint density at radius 2 is 2.06 bits per heavy atom. The van der Waals surface area contributed by atoms with Crippen molar-refractivity contribution in [3.8, 4) is 5.75 Å². The lowest BCUT2D eigenvalue weighted by molar-refractivity contribution is 0.0970. The summed E-state index contributed by atoms with van der Waals surface area (Å²) in [5, 5.41) is 9.82. The number of benzene rings is 1. The summed E-state index contributed by atoms with van der Waals surface area (Å²) in [6.45, 7) is 3.61. The second kappa shape index (κ2) is 5.76. The van der Waals surface area contributed by atoms with E-state index in [1.165, 1.54) is 0 Å². The van der Waals surface area contributed by atoms with E-state index in [1.807, 2.05) is 25.1 Å². The quantitative estimate of drug-likeness (QED) is 0.876. The Morgan fingerprint density at radius 1 is 1.39 bits per heavy atom. The van der Waals surface area contributed by atoms with Crippen molar-refractivity contribution in [2.24, 2.45) is 0 Å². The summed E-state index contributed by atoms with van der Waals surface area (Å²) in [6, 6.07) is 7.44. The fraction of sp³-hybridized carbons (Fsp3) is 0.500. The second-order valence-electron chi connectivity index (χ2n) is 4.52. The molecule has 1 saturated heterocycles. The van der Waals surface area contributed by atoms with Crippen LogP contribution in [0.25, 0.3) is 0 Å². The maximum Gasteiger partial charge on any atom is 0.409 e. The van der Waals surface area contributed by atoms with Crippen LogP contribution in [0.5, 0.6) is 5.75 Å². The number of carbonyl (C=O) groups excluding carboxylic acids is 1. The summed E-state index contributed by atoms with van der Waals surface area (Å²) in [5.41, 5.74) is 0.987. The number of rotatable bonds is 2. The molecule has 18 heavy (non-hydrogen) atoms. The van der Waals surface area contributed by atoms with Crippen LogP contribution in [0, 0.1) is 0 Å². The van der Waals surface area contributed by atoms with Crippen LogP contribution in [0.15, 0.2) is 24.3 Å². The molecule has 1 heterocycles. The lowest BCUT2D eigenvalue weighted by Crippen LogP contribution is -2.38. The van der Waals surface area contributed by atoms with Crippen molar-refractivity contribution in [1.82, 2.24) is 4.90 Å². The number of amides is 1. The van der Waals surface area contributed by atoms with Crippen molar-refractivity contribution < 1.29 is 14.6 Å². The Bertz CT molecular complexity index is 411. The second-order valence-corrected chi connectivity index (χ2v) is 4.52. The van der Waals surface area contributed by atoms with E-state index in [0.717, 1.165) is 18.4 Å². The van der Waals surface area contributed by atoms with Gasteiger partial charge in [-0.3, -0.25) is 0 Å². The van der Waals surface area contributed by atoms with E-state index in [1.54, 1.807) is 11.0 Å². The van der Waals surface area contributed by atoms with E-state index >= 15 is 0 Å². The zero-order valence-corrected chi connectivity index (χ0v) is 10.6. The number of para-hydroxylation sites is 1. The molecule has 1 aliphatic heterocycles. The number of likely N-dealkylation sites (tertiary alicyclic amines) is 1. The van der Waals surface area contributed by atoms with Gasteiger partial charge in [0.05, 0.1) is 6.61 Å². The Labute approximate surface area is 107 Å². The highest BCUT2D eigenvalue weighted by Crippen LogP contribution is 2.33. The van der Waals surface area contributed by atoms with E-state index in [0.29, 0.717) is 31.4 Å². The predicted molar refractivity (Wildman–Crippen MR) is 68.7 cm³/mol. The highest BCUT2D eigenvalue weighted by Gasteiger charge is 2.25. The van der Waals surface area contributed by atoms with Crippen molar-refractivity contribution in [3.63, 3.8) is 0 Å². The van der Waals surface area contributed by atoms with Gasteiger partial charge >= 0.3 is 6.09 Å². The molecule has 1 aromatic carbocycles. The summed E-state index contributed by atoms with van der Waals surface area (Å²) in [5.74, 6) is 0.684. The Kier molecular flexibility index (Phi) is 4.07. The van der Waals surface area contributed by atoms with Crippen LogP contribution in [0.2, 0.25) is 0 Å². The average molecular weight is 249 g/mol. The SMILES string of the molecule is CCOC(=O)N1CCC(c2ccccc2O)CC1. The number of hydrogen-bond donors (Lipinski definition) is 1. The van der Waals surface area contributed by atoms with E-state index in [-0.39, 0.29) is 6.09 Å². The first-order valence-corrected chi connectivity index (χ1v) is 6.42. The molecule has 0 unspecified atom stereocenters. The first kappa shape index (κ1) is 12.7. The maximum atomic E-state index is 11.6. The van der Waals surface area contributed by atoms with E-state index in [9.17, 15) is 9.90 Å². The number of phenols is 1. The molecule has 0 aliphatic carbocycles. The van der Waals surface area contributed by atoms with Crippen molar-refractivity contribution in [1.29, 1.82) is 0 Å². The molecule has 1 amide bonds. The Balaban J connectivity index is 1.95. The molecule has 1 N–H and O–H groups in total. The van der Waals surface area contributed by atoms with Gasteiger partial charge in [0.15, 0.2) is 0 Å². The fourth-order valence-electron chi connectivity index (χ4n) is 2.42. The van der Waals surface area contributed by atoms with Crippen molar-refractivity contribution in [2.45, 2.75) is 25.7 Å². The number of hydrogen-bond acceptors (Lipinski definition) is 3. The van der Waals surface area contributed by atoms with Gasteiger partial charge in [-0.05, 0) is 37.3 Å². The van der Waals surface area contributed by atoms with Crippen LogP contribution in [0.1, 0.15) is 31.2 Å². The number of carbonyl (C=O) groups is 1. The minimum Gasteiger partial charge on any atom is -0.508 e. The zero-order valence-electron chi connectivity index (χ0n) is 10.6. The van der Waals surface area contributed by atoms with E-state index < -0.39 is 0 Å². The van der Waals surface area contributed by atoms with Gasteiger partial charge in [0.2, 0.25) is 0 Å². The molecule has 0 radical (unpaired) electrons. The summed E-state index contributed by atoms with van der Waals surface area (Å²) in [4.78, 5) is 13.3. The standard InChI is InChI=1S/C14H19NO3/c1-2-18-14(17)15-9-7-11(8-10-15)12-5-3-4-6-13(12)16/h3-6,11,16H,2,7-10H2,1H3. The van der Waals surface area contributed by atoms with Crippen LogP contribution >= 0.6 is 0 Å². The lowest BCUT2D eigenvalue weighted by atomic mass is 9.89. The normalized spacial score (nSPS) is 16.6. The van der Waals surface area contributed by atoms with Crippen LogP contribution < -0.4 is 0 Å². The van der Waals surface area contributed by atoms with Gasteiger partial charge in [0.1, 0.15) is 5.75 Å². The molecule has 0 atom stereocenters. The molecule has 1 fully saturated rings. The van der Waals surface area contributed by atoms with Gasteiger partial charge in [-0.2, -0.15) is 0 Å². The lowest BCUT2D eigenvalue weighted by Gasteiger charge is -2.31. The molecule has 4 nitrogen and oxygen atoms in total. The molecule has 1 aromatic rings. The van der Waals surface area contributed by atoms with Gasteiger partial charge in [0.25, 0.3) is 0 Å². The Morgan fingerprint density at radius 3 is 2.67 bits per heavy atom. The number of phenolic OH excluding ortho intramolecular Hbond substituents is 1. The molecule has 2 rings (SSSR count).